The molecule has 0 bridgehead atoms. The van der Waals surface area contributed by atoms with Crippen LogP contribution in [0.3, 0.4) is 0 Å². The van der Waals surface area contributed by atoms with E-state index in [0.717, 1.165) is 17.7 Å². The molecule has 0 radical (unpaired) electrons. The number of anilines is 1. The highest BCUT2D eigenvalue weighted by Gasteiger charge is 2.22. The lowest BCUT2D eigenvalue weighted by Gasteiger charge is -2.26. The monoisotopic (exact) mass is 435 g/mol. The van der Waals surface area contributed by atoms with Gasteiger partial charge in [-0.2, -0.15) is 0 Å². The molecule has 162 valence electrons. The molecule has 0 heterocycles. The van der Waals surface area contributed by atoms with Gasteiger partial charge in [-0.25, -0.2) is 4.79 Å². The van der Waals surface area contributed by atoms with Gasteiger partial charge in [0.05, 0.1) is 0 Å². The minimum Gasteiger partial charge on any atom is -0.508 e. The second kappa shape index (κ2) is 10.9. The van der Waals surface area contributed by atoms with Crippen LogP contribution in [0.4, 0.5) is 10.5 Å². The molecule has 31 heavy (non-hydrogen) atoms. The first-order valence-corrected chi connectivity index (χ1v) is 11.8. The molecule has 2 N–H and O–H groups in total. The van der Waals surface area contributed by atoms with Gasteiger partial charge in [-0.3, -0.25) is 5.32 Å². The van der Waals surface area contributed by atoms with Crippen LogP contribution in [0.2, 0.25) is 0 Å². The van der Waals surface area contributed by atoms with Crippen molar-refractivity contribution in [1.29, 1.82) is 0 Å². The third-order valence-electron chi connectivity index (χ3n) is 5.54. The molecule has 3 aromatic rings. The van der Waals surface area contributed by atoms with Crippen molar-refractivity contribution < 1.29 is 14.6 Å². The summed E-state index contributed by atoms with van der Waals surface area (Å²) in [5.74, 6) is 1.51. The zero-order valence-corrected chi connectivity index (χ0v) is 19.0. The van der Waals surface area contributed by atoms with E-state index in [0.29, 0.717) is 23.3 Å². The number of thioether (sulfide) groups is 1. The molecule has 0 aliphatic rings. The average molecular weight is 436 g/mol. The molecular weight excluding hydrogens is 406 g/mol. The van der Waals surface area contributed by atoms with Crippen LogP contribution in [0.5, 0.6) is 11.5 Å². The lowest BCUT2D eigenvalue weighted by atomic mass is 9.78. The van der Waals surface area contributed by atoms with Crippen molar-refractivity contribution in [2.24, 2.45) is 0 Å². The summed E-state index contributed by atoms with van der Waals surface area (Å²) < 4.78 is 5.36. The standard InChI is InChI=1S/C26H29NO3S/c1-4-24(25(5-2)19-8-12-21(28)13-9-19)18-6-10-20(11-7-18)27-26(29)30-22-14-16-23(31-3)17-15-22/h6-17,24-25,28H,4-5H2,1-3H3,(H,27,29). The van der Waals surface area contributed by atoms with Gasteiger partial charge in [-0.05, 0) is 90.6 Å². The van der Waals surface area contributed by atoms with Crippen molar-refractivity contribution in [3.63, 3.8) is 0 Å². The third-order valence-corrected chi connectivity index (χ3v) is 6.29. The van der Waals surface area contributed by atoms with E-state index in [1.807, 2.05) is 42.7 Å². The summed E-state index contributed by atoms with van der Waals surface area (Å²) in [7, 11) is 0. The maximum atomic E-state index is 12.2. The highest BCUT2D eigenvalue weighted by Crippen LogP contribution is 2.38. The highest BCUT2D eigenvalue weighted by molar-refractivity contribution is 7.98. The molecule has 0 aromatic heterocycles. The van der Waals surface area contributed by atoms with E-state index >= 15 is 0 Å². The molecule has 2 atom stereocenters. The number of hydrogen-bond acceptors (Lipinski definition) is 4. The summed E-state index contributed by atoms with van der Waals surface area (Å²) in [6.07, 6.45) is 3.50. The molecular formula is C26H29NO3S. The quantitative estimate of drug-likeness (QED) is 0.362. The Labute approximate surface area is 188 Å². The molecule has 0 aliphatic carbocycles. The molecule has 0 spiro atoms. The van der Waals surface area contributed by atoms with Crippen molar-refractivity contribution in [1.82, 2.24) is 0 Å². The summed E-state index contributed by atoms with van der Waals surface area (Å²) in [6, 6.07) is 22.9. The van der Waals surface area contributed by atoms with Crippen LogP contribution in [-0.4, -0.2) is 17.5 Å². The SMILES string of the molecule is CCC(c1ccc(O)cc1)C(CC)c1ccc(NC(=O)Oc2ccc(SC)cc2)cc1. The van der Waals surface area contributed by atoms with E-state index in [1.54, 1.807) is 36.0 Å². The molecule has 1 amide bonds. The Morgan fingerprint density at radius 3 is 1.87 bits per heavy atom. The largest absolute Gasteiger partial charge is 0.508 e. The molecule has 4 nitrogen and oxygen atoms in total. The van der Waals surface area contributed by atoms with Crippen molar-refractivity contribution in [2.45, 2.75) is 43.4 Å². The minimum absolute atomic E-state index is 0.286. The van der Waals surface area contributed by atoms with Gasteiger partial charge in [0.2, 0.25) is 0 Å². The smallest absolute Gasteiger partial charge is 0.417 e. The molecule has 3 aromatic carbocycles. The van der Waals surface area contributed by atoms with Crippen LogP contribution < -0.4 is 10.1 Å². The number of aromatic hydroxyl groups is 1. The van der Waals surface area contributed by atoms with E-state index in [4.69, 9.17) is 4.74 Å². The van der Waals surface area contributed by atoms with E-state index in [9.17, 15) is 9.90 Å². The van der Waals surface area contributed by atoms with Gasteiger partial charge in [-0.15, -0.1) is 11.8 Å². The lowest BCUT2D eigenvalue weighted by Crippen LogP contribution is -2.17. The number of benzene rings is 3. The maximum Gasteiger partial charge on any atom is 0.417 e. The Bertz CT molecular complexity index is 969. The van der Waals surface area contributed by atoms with E-state index in [2.05, 4.69) is 31.3 Å². The van der Waals surface area contributed by atoms with E-state index in [-0.39, 0.29) is 5.75 Å². The lowest BCUT2D eigenvalue weighted by molar-refractivity contribution is 0.215. The number of ether oxygens (including phenoxy) is 1. The topological polar surface area (TPSA) is 58.6 Å². The van der Waals surface area contributed by atoms with E-state index in [1.165, 1.54) is 11.1 Å². The highest BCUT2D eigenvalue weighted by atomic mass is 32.2. The maximum absolute atomic E-state index is 12.2. The van der Waals surface area contributed by atoms with Crippen LogP contribution >= 0.6 is 11.8 Å². The summed E-state index contributed by atoms with van der Waals surface area (Å²) in [5, 5.41) is 12.4. The summed E-state index contributed by atoms with van der Waals surface area (Å²) in [4.78, 5) is 13.3. The number of phenolic OH excluding ortho intramolecular Hbond substituents is 1. The Balaban J connectivity index is 1.67. The number of amides is 1. The van der Waals surface area contributed by atoms with Crippen molar-refractivity contribution in [3.05, 3.63) is 83.9 Å². The van der Waals surface area contributed by atoms with Crippen LogP contribution in [0.25, 0.3) is 0 Å². The van der Waals surface area contributed by atoms with Gasteiger partial charge in [0.1, 0.15) is 11.5 Å². The number of phenols is 1. The van der Waals surface area contributed by atoms with Gasteiger partial charge in [0.15, 0.2) is 0 Å². The van der Waals surface area contributed by atoms with Gasteiger partial charge in [-0.1, -0.05) is 38.1 Å². The second-order valence-electron chi connectivity index (χ2n) is 7.43. The number of carbonyl (C=O) groups is 1. The van der Waals surface area contributed by atoms with Crippen LogP contribution in [0, 0.1) is 0 Å². The fourth-order valence-corrected chi connectivity index (χ4v) is 4.34. The van der Waals surface area contributed by atoms with Crippen LogP contribution in [-0.2, 0) is 0 Å². The zero-order chi connectivity index (χ0) is 22.2. The Hall–Kier alpha value is -2.92. The second-order valence-corrected chi connectivity index (χ2v) is 8.31. The molecule has 3 rings (SSSR count). The zero-order valence-electron chi connectivity index (χ0n) is 18.2. The number of rotatable bonds is 8. The molecule has 0 saturated carbocycles. The van der Waals surface area contributed by atoms with E-state index < -0.39 is 6.09 Å². The summed E-state index contributed by atoms with van der Waals surface area (Å²) in [5.41, 5.74) is 3.15. The number of hydrogen-bond donors (Lipinski definition) is 2. The van der Waals surface area contributed by atoms with Crippen LogP contribution in [0.15, 0.2) is 77.7 Å². The average Bonchev–Trinajstić information content (AvgIpc) is 2.79. The fourth-order valence-electron chi connectivity index (χ4n) is 3.93. The number of carbonyl (C=O) groups excluding carboxylic acids is 1. The normalized spacial score (nSPS) is 12.7. The van der Waals surface area contributed by atoms with Crippen molar-refractivity contribution in [3.8, 4) is 11.5 Å². The Morgan fingerprint density at radius 2 is 1.39 bits per heavy atom. The van der Waals surface area contributed by atoms with Gasteiger partial charge in [0.25, 0.3) is 0 Å². The Morgan fingerprint density at radius 1 is 0.871 bits per heavy atom. The third kappa shape index (κ3) is 6.05. The predicted molar refractivity (Wildman–Crippen MR) is 128 cm³/mol. The van der Waals surface area contributed by atoms with Crippen molar-refractivity contribution in [2.75, 3.05) is 11.6 Å². The van der Waals surface area contributed by atoms with Gasteiger partial charge in [0, 0.05) is 10.6 Å². The first kappa shape index (κ1) is 22.8. The molecule has 2 unspecified atom stereocenters. The molecule has 5 heteroatoms. The summed E-state index contributed by atoms with van der Waals surface area (Å²) >= 11 is 1.64. The molecule has 0 fully saturated rings. The number of nitrogens with one attached hydrogen (secondary N) is 1. The summed E-state index contributed by atoms with van der Waals surface area (Å²) in [6.45, 7) is 4.39. The first-order valence-electron chi connectivity index (χ1n) is 10.6. The Kier molecular flexibility index (Phi) is 8.01. The predicted octanol–water partition coefficient (Wildman–Crippen LogP) is 7.41. The van der Waals surface area contributed by atoms with Crippen LogP contribution in [0.1, 0.15) is 49.7 Å². The van der Waals surface area contributed by atoms with Gasteiger partial charge < -0.3 is 9.84 Å². The minimum atomic E-state index is -0.507. The van der Waals surface area contributed by atoms with Crippen molar-refractivity contribution >= 4 is 23.5 Å². The fraction of sp³-hybridized carbons (Fsp3) is 0.269. The molecule has 0 aliphatic heterocycles. The first-order chi connectivity index (χ1) is 15.0. The van der Waals surface area contributed by atoms with Gasteiger partial charge >= 0.3 is 6.09 Å². The molecule has 0 saturated heterocycles.